The normalized spacial score (nSPS) is 12.4. The standard InChI is InChI=1S/C13H21BrN2O2S/c1-8-9(13(5,6)7-14)19-10(15-8)16-11(17)18-12(2,3)4/h7H2,1-6H3,(H,15,16,17). The van der Waals surface area contributed by atoms with E-state index in [0.717, 1.165) is 15.9 Å². The van der Waals surface area contributed by atoms with Crippen molar-refractivity contribution < 1.29 is 9.53 Å². The van der Waals surface area contributed by atoms with E-state index in [-0.39, 0.29) is 5.41 Å². The van der Waals surface area contributed by atoms with E-state index >= 15 is 0 Å². The van der Waals surface area contributed by atoms with Crippen LogP contribution in [0.1, 0.15) is 45.2 Å². The van der Waals surface area contributed by atoms with E-state index in [9.17, 15) is 4.79 Å². The van der Waals surface area contributed by atoms with Crippen molar-refractivity contribution in [1.82, 2.24) is 4.98 Å². The minimum absolute atomic E-state index is 0.00435. The first-order valence-corrected chi connectivity index (χ1v) is 8.03. The highest BCUT2D eigenvalue weighted by Crippen LogP contribution is 2.35. The van der Waals surface area contributed by atoms with E-state index < -0.39 is 11.7 Å². The number of thiazole rings is 1. The van der Waals surface area contributed by atoms with Gasteiger partial charge in [-0.3, -0.25) is 5.32 Å². The fourth-order valence-corrected chi connectivity index (χ4v) is 3.05. The van der Waals surface area contributed by atoms with Crippen LogP contribution >= 0.6 is 27.3 Å². The van der Waals surface area contributed by atoms with Crippen LogP contribution in [0.3, 0.4) is 0 Å². The minimum Gasteiger partial charge on any atom is -0.444 e. The van der Waals surface area contributed by atoms with Crippen LogP contribution in [0.2, 0.25) is 0 Å². The van der Waals surface area contributed by atoms with Crippen LogP contribution in [0.25, 0.3) is 0 Å². The van der Waals surface area contributed by atoms with Crippen molar-refractivity contribution in [3.63, 3.8) is 0 Å². The lowest BCUT2D eigenvalue weighted by Gasteiger charge is -2.20. The molecule has 108 valence electrons. The first-order chi connectivity index (χ1) is 8.55. The van der Waals surface area contributed by atoms with Crippen molar-refractivity contribution in [3.05, 3.63) is 10.6 Å². The molecule has 1 amide bonds. The second-order valence-electron chi connectivity index (χ2n) is 6.08. The Balaban J connectivity index is 2.83. The molecule has 0 aliphatic rings. The van der Waals surface area contributed by atoms with E-state index in [1.54, 1.807) is 0 Å². The van der Waals surface area contributed by atoms with Gasteiger partial charge in [0.05, 0.1) is 5.69 Å². The summed E-state index contributed by atoms with van der Waals surface area (Å²) in [6.45, 7) is 11.7. The average molecular weight is 349 g/mol. The Morgan fingerprint density at radius 2 is 1.95 bits per heavy atom. The zero-order chi connectivity index (χ0) is 14.8. The summed E-state index contributed by atoms with van der Waals surface area (Å²) in [6.07, 6.45) is -0.468. The van der Waals surface area contributed by atoms with Crippen molar-refractivity contribution >= 4 is 38.5 Å². The number of halogens is 1. The molecule has 0 fully saturated rings. The maximum atomic E-state index is 11.7. The average Bonchev–Trinajstić information content (AvgIpc) is 2.57. The Labute approximate surface area is 127 Å². The van der Waals surface area contributed by atoms with Gasteiger partial charge in [0.1, 0.15) is 5.60 Å². The number of nitrogens with zero attached hydrogens (tertiary/aromatic N) is 1. The summed E-state index contributed by atoms with van der Waals surface area (Å²) in [5.74, 6) is 0. The monoisotopic (exact) mass is 348 g/mol. The molecular formula is C13H21BrN2O2S. The quantitative estimate of drug-likeness (QED) is 0.819. The summed E-state index contributed by atoms with van der Waals surface area (Å²) in [7, 11) is 0. The van der Waals surface area contributed by atoms with Gasteiger partial charge in [0, 0.05) is 15.6 Å². The predicted molar refractivity (Wildman–Crippen MR) is 83.5 cm³/mol. The first kappa shape index (κ1) is 16.4. The number of rotatable bonds is 3. The summed E-state index contributed by atoms with van der Waals surface area (Å²) in [5, 5.41) is 4.11. The lowest BCUT2D eigenvalue weighted by atomic mass is 9.93. The summed E-state index contributed by atoms with van der Waals surface area (Å²) in [4.78, 5) is 17.2. The number of aryl methyl sites for hydroxylation is 1. The third kappa shape index (κ3) is 4.76. The molecule has 0 radical (unpaired) electrons. The zero-order valence-corrected chi connectivity index (χ0v) is 14.7. The maximum absolute atomic E-state index is 11.7. The van der Waals surface area contributed by atoms with Crippen LogP contribution < -0.4 is 5.32 Å². The fourth-order valence-electron chi connectivity index (χ4n) is 1.53. The summed E-state index contributed by atoms with van der Waals surface area (Å²) >= 11 is 5.00. The molecule has 0 unspecified atom stereocenters. The minimum atomic E-state index is -0.506. The van der Waals surface area contributed by atoms with Gasteiger partial charge in [-0.05, 0) is 27.7 Å². The second-order valence-corrected chi connectivity index (χ2v) is 7.64. The molecule has 1 heterocycles. The van der Waals surface area contributed by atoms with Crippen LogP contribution in [0.4, 0.5) is 9.93 Å². The molecule has 1 aromatic rings. The third-order valence-corrected chi connectivity index (χ3v) is 5.19. The van der Waals surface area contributed by atoms with Crippen LogP contribution in [-0.4, -0.2) is 22.0 Å². The van der Waals surface area contributed by atoms with Gasteiger partial charge in [-0.25, -0.2) is 9.78 Å². The smallest absolute Gasteiger partial charge is 0.413 e. The number of hydrogen-bond donors (Lipinski definition) is 1. The van der Waals surface area contributed by atoms with E-state index in [0.29, 0.717) is 5.13 Å². The highest BCUT2D eigenvalue weighted by Gasteiger charge is 2.26. The van der Waals surface area contributed by atoms with Crippen LogP contribution in [0.5, 0.6) is 0 Å². The molecule has 0 aliphatic heterocycles. The molecule has 0 aromatic carbocycles. The zero-order valence-electron chi connectivity index (χ0n) is 12.3. The molecule has 0 saturated heterocycles. The van der Waals surface area contributed by atoms with Gasteiger partial charge in [0.2, 0.25) is 0 Å². The topological polar surface area (TPSA) is 51.2 Å². The largest absolute Gasteiger partial charge is 0.444 e. The van der Waals surface area contributed by atoms with E-state index in [2.05, 4.69) is 40.1 Å². The molecule has 1 N–H and O–H groups in total. The van der Waals surface area contributed by atoms with Gasteiger partial charge in [-0.1, -0.05) is 29.8 Å². The van der Waals surface area contributed by atoms with Gasteiger partial charge < -0.3 is 4.74 Å². The first-order valence-electron chi connectivity index (χ1n) is 6.09. The molecule has 4 nitrogen and oxygen atoms in total. The number of carbonyl (C=O) groups excluding carboxylic acids is 1. The number of amides is 1. The Kier molecular flexibility index (Phi) is 5.01. The highest BCUT2D eigenvalue weighted by atomic mass is 79.9. The third-order valence-electron chi connectivity index (χ3n) is 2.35. The number of ether oxygens (including phenoxy) is 1. The SMILES string of the molecule is Cc1nc(NC(=O)OC(C)(C)C)sc1C(C)(C)CBr. The fraction of sp³-hybridized carbons (Fsp3) is 0.692. The van der Waals surface area contributed by atoms with Gasteiger partial charge in [-0.15, -0.1) is 11.3 Å². The molecule has 0 atom stereocenters. The second kappa shape index (κ2) is 5.79. The van der Waals surface area contributed by atoms with Crippen molar-refractivity contribution in [2.45, 2.75) is 52.6 Å². The lowest BCUT2D eigenvalue weighted by molar-refractivity contribution is 0.0636. The predicted octanol–water partition coefficient (Wildman–Crippen LogP) is 4.47. The maximum Gasteiger partial charge on any atom is 0.413 e. The van der Waals surface area contributed by atoms with E-state index in [1.165, 1.54) is 11.3 Å². The lowest BCUT2D eigenvalue weighted by Crippen LogP contribution is -2.27. The van der Waals surface area contributed by atoms with E-state index in [4.69, 9.17) is 4.74 Å². The Morgan fingerprint density at radius 1 is 1.37 bits per heavy atom. The van der Waals surface area contributed by atoms with Crippen LogP contribution in [0, 0.1) is 6.92 Å². The van der Waals surface area contributed by atoms with Crippen molar-refractivity contribution in [2.75, 3.05) is 10.6 Å². The molecule has 0 bridgehead atoms. The molecular weight excluding hydrogens is 328 g/mol. The number of carbonyl (C=O) groups is 1. The molecule has 0 spiro atoms. The molecule has 0 aliphatic carbocycles. The van der Waals surface area contributed by atoms with Crippen LogP contribution in [-0.2, 0) is 10.2 Å². The number of aromatic nitrogens is 1. The molecule has 1 aromatic heterocycles. The summed E-state index contributed by atoms with van der Waals surface area (Å²) in [6, 6.07) is 0. The Bertz CT molecular complexity index is 464. The highest BCUT2D eigenvalue weighted by molar-refractivity contribution is 9.09. The molecule has 0 saturated carbocycles. The van der Waals surface area contributed by atoms with Crippen molar-refractivity contribution in [1.29, 1.82) is 0 Å². The van der Waals surface area contributed by atoms with E-state index in [1.807, 2.05) is 27.7 Å². The summed E-state index contributed by atoms with van der Waals surface area (Å²) in [5.41, 5.74) is 0.435. The van der Waals surface area contributed by atoms with Gasteiger partial charge in [-0.2, -0.15) is 0 Å². The number of nitrogens with one attached hydrogen (secondary N) is 1. The summed E-state index contributed by atoms with van der Waals surface area (Å²) < 4.78 is 5.21. The molecule has 6 heteroatoms. The van der Waals surface area contributed by atoms with Crippen molar-refractivity contribution in [3.8, 4) is 0 Å². The number of hydrogen-bond acceptors (Lipinski definition) is 4. The van der Waals surface area contributed by atoms with Gasteiger partial charge in [0.15, 0.2) is 5.13 Å². The van der Waals surface area contributed by atoms with Crippen molar-refractivity contribution in [2.24, 2.45) is 0 Å². The Morgan fingerprint density at radius 3 is 2.42 bits per heavy atom. The number of anilines is 1. The number of alkyl halides is 1. The Hall–Kier alpha value is -0.620. The van der Waals surface area contributed by atoms with Gasteiger partial charge >= 0.3 is 6.09 Å². The van der Waals surface area contributed by atoms with Gasteiger partial charge in [0.25, 0.3) is 0 Å². The van der Waals surface area contributed by atoms with Crippen LogP contribution in [0.15, 0.2) is 0 Å². The molecule has 1 rings (SSSR count). The molecule has 19 heavy (non-hydrogen) atoms.